The molecule has 0 saturated heterocycles. The Balaban J connectivity index is 2.32. The molecule has 1 amide bonds. The van der Waals surface area contributed by atoms with Crippen molar-refractivity contribution in [2.45, 2.75) is 31.5 Å². The second-order valence-corrected chi connectivity index (χ2v) is 2.90. The lowest BCUT2D eigenvalue weighted by Crippen LogP contribution is -2.52. The Labute approximate surface area is 59.4 Å². The molecule has 1 rings (SSSR count). The summed E-state index contributed by atoms with van der Waals surface area (Å²) in [6.07, 6.45) is 2.00. The fraction of sp³-hybridized carbons (Fsp3) is 0.833. The molecule has 0 aromatic carbocycles. The standard InChI is InChI=1S/C6H12N2O2/c1-6(7,10)5(9)8-4-2-3-4/h4,10H,2-3,7H2,1H3,(H,8,9). The maximum atomic E-state index is 10.8. The van der Waals surface area contributed by atoms with Crippen LogP contribution < -0.4 is 11.1 Å². The van der Waals surface area contributed by atoms with Crippen molar-refractivity contribution in [2.75, 3.05) is 0 Å². The van der Waals surface area contributed by atoms with Gasteiger partial charge in [0, 0.05) is 6.04 Å². The Kier molecular flexibility index (Phi) is 1.66. The summed E-state index contributed by atoms with van der Waals surface area (Å²) in [5, 5.41) is 11.5. The number of amides is 1. The van der Waals surface area contributed by atoms with Crippen LogP contribution in [0, 0.1) is 0 Å². The van der Waals surface area contributed by atoms with Gasteiger partial charge in [-0.3, -0.25) is 10.5 Å². The number of aliphatic hydroxyl groups is 1. The SMILES string of the molecule is CC(N)(O)C(=O)NC1CC1. The van der Waals surface area contributed by atoms with E-state index in [1.165, 1.54) is 6.92 Å². The smallest absolute Gasteiger partial charge is 0.266 e. The summed E-state index contributed by atoms with van der Waals surface area (Å²) in [7, 11) is 0. The van der Waals surface area contributed by atoms with Gasteiger partial charge < -0.3 is 10.4 Å². The molecule has 0 aliphatic heterocycles. The molecule has 10 heavy (non-hydrogen) atoms. The molecule has 4 heteroatoms. The minimum absolute atomic E-state index is 0.252. The molecule has 0 spiro atoms. The van der Waals surface area contributed by atoms with Crippen molar-refractivity contribution in [3.05, 3.63) is 0 Å². The predicted octanol–water partition coefficient (Wildman–Crippen LogP) is -1.07. The van der Waals surface area contributed by atoms with Crippen molar-refractivity contribution >= 4 is 5.91 Å². The van der Waals surface area contributed by atoms with Crippen LogP contribution in [0.5, 0.6) is 0 Å². The molecule has 1 saturated carbocycles. The lowest BCUT2D eigenvalue weighted by molar-refractivity contribution is -0.137. The minimum atomic E-state index is -1.72. The zero-order valence-electron chi connectivity index (χ0n) is 5.92. The third kappa shape index (κ3) is 1.97. The average Bonchev–Trinajstić information content (AvgIpc) is 2.47. The van der Waals surface area contributed by atoms with E-state index in [0.717, 1.165) is 12.8 Å². The molecule has 1 atom stereocenters. The summed E-state index contributed by atoms with van der Waals surface area (Å²) in [6, 6.07) is 0.252. The average molecular weight is 144 g/mol. The van der Waals surface area contributed by atoms with E-state index in [1.807, 2.05) is 0 Å². The lowest BCUT2D eigenvalue weighted by atomic mass is 10.2. The van der Waals surface area contributed by atoms with Gasteiger partial charge in [-0.25, -0.2) is 0 Å². The molecule has 0 aromatic heterocycles. The Morgan fingerprint density at radius 2 is 2.30 bits per heavy atom. The largest absolute Gasteiger partial charge is 0.368 e. The summed E-state index contributed by atoms with van der Waals surface area (Å²) >= 11 is 0. The molecule has 4 N–H and O–H groups in total. The first-order chi connectivity index (χ1) is 4.50. The van der Waals surface area contributed by atoms with Gasteiger partial charge in [-0.05, 0) is 19.8 Å². The third-order valence-electron chi connectivity index (χ3n) is 1.37. The highest BCUT2D eigenvalue weighted by Gasteiger charge is 2.30. The maximum absolute atomic E-state index is 10.8. The van der Waals surface area contributed by atoms with Crippen LogP contribution in [-0.2, 0) is 4.79 Å². The summed E-state index contributed by atoms with van der Waals surface area (Å²) in [5.41, 5.74) is 3.38. The Hall–Kier alpha value is -0.610. The zero-order chi connectivity index (χ0) is 7.78. The molecule has 0 heterocycles. The van der Waals surface area contributed by atoms with E-state index in [9.17, 15) is 4.79 Å². The summed E-state index contributed by atoms with van der Waals surface area (Å²) in [5.74, 6) is -0.491. The number of rotatable bonds is 2. The normalized spacial score (nSPS) is 23.5. The summed E-state index contributed by atoms with van der Waals surface area (Å²) in [6.45, 7) is 1.27. The van der Waals surface area contributed by atoms with E-state index in [4.69, 9.17) is 10.8 Å². The highest BCUT2D eigenvalue weighted by atomic mass is 16.3. The number of hydrogen-bond acceptors (Lipinski definition) is 3. The molecule has 58 valence electrons. The van der Waals surface area contributed by atoms with Crippen LogP contribution in [0.25, 0.3) is 0 Å². The second kappa shape index (κ2) is 2.21. The summed E-state index contributed by atoms with van der Waals surface area (Å²) < 4.78 is 0. The predicted molar refractivity (Wildman–Crippen MR) is 36.0 cm³/mol. The minimum Gasteiger partial charge on any atom is -0.368 e. The fourth-order valence-corrected chi connectivity index (χ4v) is 0.559. The number of nitrogens with one attached hydrogen (secondary N) is 1. The monoisotopic (exact) mass is 144 g/mol. The topological polar surface area (TPSA) is 75.3 Å². The second-order valence-electron chi connectivity index (χ2n) is 2.90. The first-order valence-electron chi connectivity index (χ1n) is 3.32. The van der Waals surface area contributed by atoms with E-state index in [0.29, 0.717) is 0 Å². The van der Waals surface area contributed by atoms with Crippen LogP contribution in [0.4, 0.5) is 0 Å². The van der Waals surface area contributed by atoms with Crippen LogP contribution in [0.15, 0.2) is 0 Å². The number of carbonyl (C=O) groups excluding carboxylic acids is 1. The number of carbonyl (C=O) groups is 1. The van der Waals surface area contributed by atoms with E-state index in [-0.39, 0.29) is 6.04 Å². The Bertz CT molecular complexity index is 146. The van der Waals surface area contributed by atoms with Gasteiger partial charge in [0.1, 0.15) is 0 Å². The fourth-order valence-electron chi connectivity index (χ4n) is 0.559. The molecule has 4 nitrogen and oxygen atoms in total. The van der Waals surface area contributed by atoms with Gasteiger partial charge in [-0.2, -0.15) is 0 Å². The highest BCUT2D eigenvalue weighted by molar-refractivity contribution is 5.84. The molecule has 1 fully saturated rings. The summed E-state index contributed by atoms with van der Waals surface area (Å²) in [4.78, 5) is 10.8. The highest BCUT2D eigenvalue weighted by Crippen LogP contribution is 2.18. The van der Waals surface area contributed by atoms with Crippen LogP contribution in [-0.4, -0.2) is 22.8 Å². The quantitative estimate of drug-likeness (QED) is 0.432. The van der Waals surface area contributed by atoms with Gasteiger partial charge in [0.05, 0.1) is 0 Å². The molecular weight excluding hydrogens is 132 g/mol. The molecule has 0 bridgehead atoms. The van der Waals surface area contributed by atoms with Crippen molar-refractivity contribution < 1.29 is 9.90 Å². The van der Waals surface area contributed by atoms with Gasteiger partial charge in [-0.1, -0.05) is 0 Å². The van der Waals surface area contributed by atoms with Crippen molar-refractivity contribution in [3.8, 4) is 0 Å². The van der Waals surface area contributed by atoms with Gasteiger partial charge in [-0.15, -0.1) is 0 Å². The first kappa shape index (κ1) is 7.50. The molecule has 1 aliphatic carbocycles. The molecule has 1 aliphatic rings. The van der Waals surface area contributed by atoms with Gasteiger partial charge >= 0.3 is 0 Å². The molecule has 0 radical (unpaired) electrons. The third-order valence-corrected chi connectivity index (χ3v) is 1.37. The zero-order valence-corrected chi connectivity index (χ0v) is 5.92. The van der Waals surface area contributed by atoms with E-state index < -0.39 is 11.6 Å². The molecule has 1 unspecified atom stereocenters. The maximum Gasteiger partial charge on any atom is 0.266 e. The van der Waals surface area contributed by atoms with Crippen molar-refractivity contribution in [3.63, 3.8) is 0 Å². The lowest BCUT2D eigenvalue weighted by Gasteiger charge is -2.15. The van der Waals surface area contributed by atoms with E-state index >= 15 is 0 Å². The van der Waals surface area contributed by atoms with Crippen molar-refractivity contribution in [2.24, 2.45) is 5.73 Å². The van der Waals surface area contributed by atoms with Crippen molar-refractivity contribution in [1.29, 1.82) is 0 Å². The number of nitrogens with two attached hydrogens (primary N) is 1. The van der Waals surface area contributed by atoms with Gasteiger partial charge in [0.15, 0.2) is 5.72 Å². The van der Waals surface area contributed by atoms with Gasteiger partial charge in [0.25, 0.3) is 5.91 Å². The first-order valence-corrected chi connectivity index (χ1v) is 3.32. The van der Waals surface area contributed by atoms with Crippen LogP contribution >= 0.6 is 0 Å². The van der Waals surface area contributed by atoms with Crippen LogP contribution in [0.3, 0.4) is 0 Å². The Morgan fingerprint density at radius 3 is 2.60 bits per heavy atom. The van der Waals surface area contributed by atoms with E-state index in [2.05, 4.69) is 5.32 Å². The van der Waals surface area contributed by atoms with Crippen LogP contribution in [0.2, 0.25) is 0 Å². The number of hydrogen-bond donors (Lipinski definition) is 3. The van der Waals surface area contributed by atoms with E-state index in [1.54, 1.807) is 0 Å². The molecule has 0 aromatic rings. The Morgan fingerprint density at radius 1 is 1.80 bits per heavy atom. The van der Waals surface area contributed by atoms with Crippen LogP contribution in [0.1, 0.15) is 19.8 Å². The van der Waals surface area contributed by atoms with Crippen molar-refractivity contribution in [1.82, 2.24) is 5.32 Å². The van der Waals surface area contributed by atoms with Gasteiger partial charge in [0.2, 0.25) is 0 Å². The molecular formula is C6H12N2O2.